The fourth-order valence-electron chi connectivity index (χ4n) is 4.91. The zero-order valence-electron chi connectivity index (χ0n) is 13.9. The number of Topliss-reactive ketones (excluding diaryl/α,β-unsaturated/α-hetero) is 1. The van der Waals surface area contributed by atoms with E-state index in [1.165, 1.54) is 44.5 Å². The molecule has 0 bridgehead atoms. The van der Waals surface area contributed by atoms with Crippen LogP contribution in [0, 0.1) is 23.1 Å². The van der Waals surface area contributed by atoms with Crippen LogP contribution in [0.1, 0.15) is 42.5 Å². The van der Waals surface area contributed by atoms with Crippen molar-refractivity contribution in [2.75, 3.05) is 19.6 Å². The summed E-state index contributed by atoms with van der Waals surface area (Å²) in [5, 5.41) is 0. The Bertz CT molecular complexity index is 629. The van der Waals surface area contributed by atoms with E-state index in [4.69, 9.17) is 0 Å². The summed E-state index contributed by atoms with van der Waals surface area (Å²) in [6.07, 6.45) is 10.3. The molecule has 4 heteroatoms. The third kappa shape index (κ3) is 3.04. The molecule has 4 rings (SSSR count). The molecule has 0 amide bonds. The Morgan fingerprint density at radius 2 is 2.08 bits per heavy atom. The summed E-state index contributed by atoms with van der Waals surface area (Å²) >= 11 is 0. The van der Waals surface area contributed by atoms with Crippen LogP contribution in [0.25, 0.3) is 0 Å². The van der Waals surface area contributed by atoms with Gasteiger partial charge >= 0.3 is 0 Å². The van der Waals surface area contributed by atoms with Crippen LogP contribution in [0.4, 0.5) is 4.39 Å². The van der Waals surface area contributed by atoms with Gasteiger partial charge in [0.25, 0.3) is 0 Å². The van der Waals surface area contributed by atoms with Crippen molar-refractivity contribution < 1.29 is 9.18 Å². The van der Waals surface area contributed by atoms with Crippen LogP contribution in [-0.2, 0) is 0 Å². The number of hydrogen-bond acceptors (Lipinski definition) is 2. The smallest absolute Gasteiger partial charge is 0.162 e. The van der Waals surface area contributed by atoms with Crippen LogP contribution in [0.5, 0.6) is 0 Å². The Morgan fingerprint density at radius 3 is 2.75 bits per heavy atom. The van der Waals surface area contributed by atoms with Crippen molar-refractivity contribution in [1.82, 2.24) is 4.90 Å². The summed E-state index contributed by atoms with van der Waals surface area (Å²) in [4.78, 5) is 14.7. The highest BCUT2D eigenvalue weighted by Crippen LogP contribution is 2.59. The largest absolute Gasteiger partial charge is 0.302 e. The zero-order valence-corrected chi connectivity index (χ0v) is 14.7. The molecule has 1 aromatic carbocycles. The highest BCUT2D eigenvalue weighted by atomic mass is 35.5. The Labute approximate surface area is 149 Å². The number of allylic oxidation sites excluding steroid dienone is 2. The maximum Gasteiger partial charge on any atom is 0.162 e. The van der Waals surface area contributed by atoms with Gasteiger partial charge < -0.3 is 4.90 Å². The van der Waals surface area contributed by atoms with Crippen LogP contribution in [0.2, 0.25) is 0 Å². The Balaban J connectivity index is 0.00000169. The van der Waals surface area contributed by atoms with Crippen molar-refractivity contribution in [3.05, 3.63) is 47.8 Å². The SMILES string of the molecule is Cl.O=C(CCCN1CC2CC=CC3CCC32C1)c1ccc(F)cc1. The van der Waals surface area contributed by atoms with Gasteiger partial charge in [0, 0.05) is 25.1 Å². The molecule has 3 atom stereocenters. The first-order valence-corrected chi connectivity index (χ1v) is 8.85. The van der Waals surface area contributed by atoms with Crippen LogP contribution in [-0.4, -0.2) is 30.3 Å². The van der Waals surface area contributed by atoms with Gasteiger partial charge in [0.2, 0.25) is 0 Å². The second kappa shape index (κ2) is 6.97. The molecule has 130 valence electrons. The molecular weight excluding hydrogens is 325 g/mol. The minimum atomic E-state index is -0.288. The van der Waals surface area contributed by atoms with Crippen molar-refractivity contribution in [2.45, 2.75) is 32.1 Å². The van der Waals surface area contributed by atoms with Crippen LogP contribution in [0.3, 0.4) is 0 Å². The van der Waals surface area contributed by atoms with Gasteiger partial charge in [0.1, 0.15) is 5.82 Å². The van der Waals surface area contributed by atoms with Crippen molar-refractivity contribution in [3.8, 4) is 0 Å². The van der Waals surface area contributed by atoms with Crippen molar-refractivity contribution in [2.24, 2.45) is 17.3 Å². The standard InChI is InChI=1S/C20H24FNO.ClH/c21-18-8-6-15(7-9-18)19(23)5-2-12-22-13-17-4-1-3-16-10-11-20(16,17)14-22;/h1,3,6-9,16-17H,2,4-5,10-14H2;1H. The van der Waals surface area contributed by atoms with E-state index in [-0.39, 0.29) is 24.0 Å². The predicted molar refractivity (Wildman–Crippen MR) is 96.1 cm³/mol. The monoisotopic (exact) mass is 349 g/mol. The molecule has 0 N–H and O–H groups in total. The first kappa shape index (κ1) is 17.6. The molecular formula is C20H25ClFNO. The minimum Gasteiger partial charge on any atom is -0.302 e. The molecule has 1 heterocycles. The maximum atomic E-state index is 12.9. The lowest BCUT2D eigenvalue weighted by molar-refractivity contribution is 0.0239. The third-order valence-electron chi connectivity index (χ3n) is 6.30. The molecule has 1 spiro atoms. The molecule has 3 aliphatic rings. The van der Waals surface area contributed by atoms with Gasteiger partial charge in [-0.05, 0) is 73.7 Å². The van der Waals surface area contributed by atoms with Gasteiger partial charge in [-0.15, -0.1) is 12.4 Å². The molecule has 1 aliphatic heterocycles. The van der Waals surface area contributed by atoms with E-state index in [1.807, 2.05) is 0 Å². The van der Waals surface area contributed by atoms with Gasteiger partial charge in [0.15, 0.2) is 5.78 Å². The summed E-state index contributed by atoms with van der Waals surface area (Å²) in [6.45, 7) is 3.43. The Hall–Kier alpha value is -1.19. The summed E-state index contributed by atoms with van der Waals surface area (Å²) in [5.74, 6) is 1.48. The maximum absolute atomic E-state index is 12.9. The minimum absolute atomic E-state index is 0. The second-order valence-electron chi connectivity index (χ2n) is 7.51. The summed E-state index contributed by atoms with van der Waals surface area (Å²) in [6, 6.07) is 5.90. The number of ketones is 1. The van der Waals surface area contributed by atoms with Gasteiger partial charge in [0.05, 0.1) is 0 Å². The first-order valence-electron chi connectivity index (χ1n) is 8.85. The molecule has 2 aliphatic carbocycles. The number of rotatable bonds is 5. The highest BCUT2D eigenvalue weighted by molar-refractivity contribution is 5.95. The van der Waals surface area contributed by atoms with Crippen LogP contribution in [0.15, 0.2) is 36.4 Å². The number of carbonyl (C=O) groups is 1. The van der Waals surface area contributed by atoms with Crippen molar-refractivity contribution in [1.29, 1.82) is 0 Å². The van der Waals surface area contributed by atoms with E-state index >= 15 is 0 Å². The normalized spacial score (nSPS) is 30.9. The molecule has 1 saturated heterocycles. The Kier molecular flexibility index (Phi) is 5.12. The number of halogens is 2. The molecule has 3 unspecified atom stereocenters. The van der Waals surface area contributed by atoms with E-state index in [2.05, 4.69) is 17.1 Å². The number of hydrogen-bond donors (Lipinski definition) is 0. The topological polar surface area (TPSA) is 20.3 Å². The van der Waals surface area contributed by atoms with Crippen LogP contribution < -0.4 is 0 Å². The summed E-state index contributed by atoms with van der Waals surface area (Å²) < 4.78 is 12.9. The number of carbonyl (C=O) groups excluding carboxylic acids is 1. The van der Waals surface area contributed by atoms with Crippen LogP contribution >= 0.6 is 12.4 Å². The first-order chi connectivity index (χ1) is 11.2. The molecule has 2 fully saturated rings. The molecule has 1 saturated carbocycles. The molecule has 1 aromatic rings. The lowest BCUT2D eigenvalue weighted by atomic mass is 9.53. The lowest BCUT2D eigenvalue weighted by Gasteiger charge is -2.51. The predicted octanol–water partition coefficient (Wildman–Crippen LogP) is 4.50. The average Bonchev–Trinajstić information content (AvgIpc) is 2.92. The molecule has 0 aromatic heterocycles. The fourth-order valence-corrected chi connectivity index (χ4v) is 4.91. The fraction of sp³-hybridized carbons (Fsp3) is 0.550. The van der Waals surface area contributed by atoms with E-state index < -0.39 is 0 Å². The molecule has 2 nitrogen and oxygen atoms in total. The van der Waals surface area contributed by atoms with Gasteiger partial charge in [-0.1, -0.05) is 12.2 Å². The van der Waals surface area contributed by atoms with E-state index in [0.29, 0.717) is 17.4 Å². The summed E-state index contributed by atoms with van der Waals surface area (Å²) in [5.41, 5.74) is 1.19. The zero-order chi connectivity index (χ0) is 15.9. The number of likely N-dealkylation sites (tertiary alicyclic amines) is 1. The van der Waals surface area contributed by atoms with E-state index in [1.54, 1.807) is 12.1 Å². The highest BCUT2D eigenvalue weighted by Gasteiger charge is 2.56. The average molecular weight is 350 g/mol. The molecule has 24 heavy (non-hydrogen) atoms. The number of nitrogens with zero attached hydrogens (tertiary/aromatic N) is 1. The van der Waals surface area contributed by atoms with Crippen molar-refractivity contribution >= 4 is 18.2 Å². The summed E-state index contributed by atoms with van der Waals surface area (Å²) in [7, 11) is 0. The quantitative estimate of drug-likeness (QED) is 0.576. The van der Waals surface area contributed by atoms with Gasteiger partial charge in [-0.3, -0.25) is 4.79 Å². The van der Waals surface area contributed by atoms with Crippen molar-refractivity contribution in [3.63, 3.8) is 0 Å². The number of benzene rings is 1. The molecule has 0 radical (unpaired) electrons. The van der Waals surface area contributed by atoms with Gasteiger partial charge in [-0.2, -0.15) is 0 Å². The Morgan fingerprint density at radius 1 is 1.29 bits per heavy atom. The van der Waals surface area contributed by atoms with Gasteiger partial charge in [-0.25, -0.2) is 4.39 Å². The van der Waals surface area contributed by atoms with E-state index in [0.717, 1.165) is 24.8 Å². The third-order valence-corrected chi connectivity index (χ3v) is 6.30. The second-order valence-corrected chi connectivity index (χ2v) is 7.51. The van der Waals surface area contributed by atoms with E-state index in [9.17, 15) is 9.18 Å². The lowest BCUT2D eigenvalue weighted by Crippen LogP contribution is -2.47.